The van der Waals surface area contributed by atoms with E-state index in [1.54, 1.807) is 24.3 Å². The topological polar surface area (TPSA) is 71.5 Å². The highest BCUT2D eigenvalue weighted by Crippen LogP contribution is 2.27. The van der Waals surface area contributed by atoms with Crippen LogP contribution in [0, 0.1) is 0 Å². The average Bonchev–Trinajstić information content (AvgIpc) is 2.51. The fraction of sp³-hybridized carbons (Fsp3) is 0.0667. The van der Waals surface area contributed by atoms with Gasteiger partial charge in [-0.05, 0) is 24.3 Å². The molecule has 0 aromatic heterocycles. The van der Waals surface area contributed by atoms with Crippen molar-refractivity contribution in [2.24, 2.45) is 0 Å². The van der Waals surface area contributed by atoms with Crippen LogP contribution < -0.4 is 0 Å². The highest BCUT2D eigenvalue weighted by atomic mass is 32.2. The molecule has 5 nitrogen and oxygen atoms in total. The summed E-state index contributed by atoms with van der Waals surface area (Å²) in [5.41, 5.74) is 0.364. The van der Waals surface area contributed by atoms with Gasteiger partial charge in [0, 0.05) is 11.1 Å². The molecule has 0 unspecified atom stereocenters. The van der Waals surface area contributed by atoms with E-state index in [0.717, 1.165) is 0 Å². The van der Waals surface area contributed by atoms with E-state index in [9.17, 15) is 18.0 Å². The van der Waals surface area contributed by atoms with Crippen molar-refractivity contribution in [3.05, 3.63) is 65.7 Å². The molecule has 0 aliphatic carbocycles. The zero-order chi connectivity index (χ0) is 15.0. The molecular weight excluding hydrogens is 290 g/mol. The fourth-order valence-corrected chi connectivity index (χ4v) is 3.81. The van der Waals surface area contributed by atoms with Crippen LogP contribution in [0.25, 0.3) is 0 Å². The Bertz CT molecular complexity index is 828. The number of Topliss-reactive ketones (excluding diaryl/α,β-unsaturated/α-hetero) is 1. The first-order valence-electron chi connectivity index (χ1n) is 6.26. The van der Waals surface area contributed by atoms with Gasteiger partial charge in [-0.15, -0.1) is 0 Å². The molecule has 6 heteroatoms. The van der Waals surface area contributed by atoms with Crippen molar-refractivity contribution in [2.45, 2.75) is 4.90 Å². The number of rotatable bonds is 1. The molecule has 21 heavy (non-hydrogen) atoms. The van der Waals surface area contributed by atoms with E-state index >= 15 is 0 Å². The minimum atomic E-state index is -4.00. The highest BCUT2D eigenvalue weighted by Gasteiger charge is 2.39. The summed E-state index contributed by atoms with van der Waals surface area (Å²) in [6.07, 6.45) is 0. The Hall–Kier alpha value is -2.47. The molecule has 1 amide bonds. The minimum absolute atomic E-state index is 0.120. The van der Waals surface area contributed by atoms with Gasteiger partial charge in [0.15, 0.2) is 5.78 Å². The summed E-state index contributed by atoms with van der Waals surface area (Å²) in [5, 5.41) is 0. The molecule has 2 aromatic rings. The number of hydrogen-bond acceptors (Lipinski definition) is 4. The molecule has 1 aliphatic heterocycles. The summed E-state index contributed by atoms with van der Waals surface area (Å²) < 4.78 is 25.7. The standard InChI is InChI=1S/C15H11NO4S/c17-13-10-16(15(18)11-6-2-1-3-7-11)21(19,20)14-9-5-4-8-12(13)14/h1-9H,10H2. The van der Waals surface area contributed by atoms with Crippen LogP contribution in [0.15, 0.2) is 59.5 Å². The van der Waals surface area contributed by atoms with Crippen molar-refractivity contribution in [1.29, 1.82) is 0 Å². The van der Waals surface area contributed by atoms with Gasteiger partial charge in [-0.1, -0.05) is 30.3 Å². The predicted octanol–water partition coefficient (Wildman–Crippen LogP) is 1.71. The summed E-state index contributed by atoms with van der Waals surface area (Å²) in [4.78, 5) is 24.3. The summed E-state index contributed by atoms with van der Waals surface area (Å²) in [6.45, 7) is -0.465. The molecule has 3 rings (SSSR count). The van der Waals surface area contributed by atoms with E-state index in [1.165, 1.54) is 30.3 Å². The Morgan fingerprint density at radius 2 is 1.57 bits per heavy atom. The first kappa shape index (κ1) is 13.5. The molecule has 1 heterocycles. The van der Waals surface area contributed by atoms with E-state index in [0.29, 0.717) is 4.31 Å². The van der Waals surface area contributed by atoms with Crippen molar-refractivity contribution >= 4 is 21.7 Å². The third-order valence-electron chi connectivity index (χ3n) is 3.29. The predicted molar refractivity (Wildman–Crippen MR) is 75.4 cm³/mol. The zero-order valence-corrected chi connectivity index (χ0v) is 11.7. The third kappa shape index (κ3) is 2.13. The van der Waals surface area contributed by atoms with Crippen LogP contribution in [-0.2, 0) is 10.0 Å². The lowest BCUT2D eigenvalue weighted by Gasteiger charge is -2.27. The van der Waals surface area contributed by atoms with Crippen LogP contribution in [-0.4, -0.2) is 31.0 Å². The quantitative estimate of drug-likeness (QED) is 0.804. The van der Waals surface area contributed by atoms with Crippen molar-refractivity contribution in [3.8, 4) is 0 Å². The number of carbonyl (C=O) groups excluding carboxylic acids is 2. The van der Waals surface area contributed by atoms with Gasteiger partial charge in [0.1, 0.15) is 6.54 Å². The maximum absolute atomic E-state index is 12.5. The van der Waals surface area contributed by atoms with Crippen LogP contribution in [0.1, 0.15) is 20.7 Å². The maximum Gasteiger partial charge on any atom is 0.268 e. The van der Waals surface area contributed by atoms with Gasteiger partial charge in [0.05, 0.1) is 4.90 Å². The molecule has 0 atom stereocenters. The first-order valence-corrected chi connectivity index (χ1v) is 7.70. The molecule has 1 aliphatic rings. The molecule has 0 saturated carbocycles. The van der Waals surface area contributed by atoms with Crippen LogP contribution in [0.3, 0.4) is 0 Å². The minimum Gasteiger partial charge on any atom is -0.292 e. The van der Waals surface area contributed by atoms with E-state index < -0.39 is 22.5 Å². The van der Waals surface area contributed by atoms with Gasteiger partial charge >= 0.3 is 0 Å². The van der Waals surface area contributed by atoms with E-state index in [1.807, 2.05) is 0 Å². The largest absolute Gasteiger partial charge is 0.292 e. The Balaban J connectivity index is 2.11. The molecule has 2 aromatic carbocycles. The Labute approximate surface area is 121 Å². The monoisotopic (exact) mass is 301 g/mol. The lowest BCUT2D eigenvalue weighted by atomic mass is 10.1. The maximum atomic E-state index is 12.5. The average molecular weight is 301 g/mol. The molecule has 0 saturated heterocycles. The number of nitrogens with zero attached hydrogens (tertiary/aromatic N) is 1. The van der Waals surface area contributed by atoms with Crippen LogP contribution in [0.5, 0.6) is 0 Å². The second-order valence-electron chi connectivity index (χ2n) is 4.60. The van der Waals surface area contributed by atoms with E-state index in [-0.39, 0.29) is 21.8 Å². The number of carbonyl (C=O) groups is 2. The van der Waals surface area contributed by atoms with Crippen LogP contribution >= 0.6 is 0 Å². The molecular formula is C15H11NO4S. The number of benzene rings is 2. The molecule has 106 valence electrons. The third-order valence-corrected chi connectivity index (χ3v) is 5.08. The molecule has 0 fully saturated rings. The molecule has 0 spiro atoms. The fourth-order valence-electron chi connectivity index (χ4n) is 2.25. The number of sulfonamides is 1. The van der Waals surface area contributed by atoms with Crippen molar-refractivity contribution in [3.63, 3.8) is 0 Å². The Kier molecular flexibility index (Phi) is 3.10. The lowest BCUT2D eigenvalue weighted by molar-refractivity contribution is 0.0803. The molecule has 0 N–H and O–H groups in total. The second kappa shape index (κ2) is 4.82. The van der Waals surface area contributed by atoms with Gasteiger partial charge in [-0.25, -0.2) is 12.7 Å². The number of ketones is 1. The lowest BCUT2D eigenvalue weighted by Crippen LogP contribution is -2.44. The van der Waals surface area contributed by atoms with Crippen molar-refractivity contribution in [2.75, 3.05) is 6.54 Å². The summed E-state index contributed by atoms with van der Waals surface area (Å²) >= 11 is 0. The van der Waals surface area contributed by atoms with Gasteiger partial charge in [-0.2, -0.15) is 0 Å². The van der Waals surface area contributed by atoms with Crippen molar-refractivity contribution < 1.29 is 18.0 Å². The second-order valence-corrected chi connectivity index (χ2v) is 6.43. The number of hydrogen-bond donors (Lipinski definition) is 0. The summed E-state index contributed by atoms with van der Waals surface area (Å²) in [7, 11) is -4.00. The van der Waals surface area contributed by atoms with Gasteiger partial charge < -0.3 is 0 Å². The number of amides is 1. The van der Waals surface area contributed by atoms with Gasteiger partial charge in [-0.3, -0.25) is 9.59 Å². The van der Waals surface area contributed by atoms with Crippen LogP contribution in [0.4, 0.5) is 0 Å². The van der Waals surface area contributed by atoms with E-state index in [4.69, 9.17) is 0 Å². The van der Waals surface area contributed by atoms with E-state index in [2.05, 4.69) is 0 Å². The first-order chi connectivity index (χ1) is 10.0. The van der Waals surface area contributed by atoms with Crippen molar-refractivity contribution in [1.82, 2.24) is 4.31 Å². The summed E-state index contributed by atoms with van der Waals surface area (Å²) in [6, 6.07) is 14.0. The SMILES string of the molecule is O=C1CN(C(=O)c2ccccc2)S(=O)(=O)c2ccccc21. The van der Waals surface area contributed by atoms with Crippen LogP contribution in [0.2, 0.25) is 0 Å². The normalized spacial score (nSPS) is 16.4. The highest BCUT2D eigenvalue weighted by molar-refractivity contribution is 7.90. The smallest absolute Gasteiger partial charge is 0.268 e. The molecule has 0 bridgehead atoms. The van der Waals surface area contributed by atoms with Gasteiger partial charge in [0.2, 0.25) is 0 Å². The Morgan fingerprint density at radius 3 is 2.29 bits per heavy atom. The Morgan fingerprint density at radius 1 is 0.952 bits per heavy atom. The summed E-state index contributed by atoms with van der Waals surface area (Å²) in [5.74, 6) is -1.08. The molecule has 0 radical (unpaired) electrons. The zero-order valence-electron chi connectivity index (χ0n) is 10.9. The number of fused-ring (bicyclic) bond motifs is 1. The van der Waals surface area contributed by atoms with Gasteiger partial charge in [0.25, 0.3) is 15.9 Å².